The number of allylic oxidation sites excluding steroid dienone is 1. The molecule has 0 aliphatic rings. The first-order valence-electron chi connectivity index (χ1n) is 10.9. The fraction of sp³-hybridized carbons (Fsp3) is 0.148. The van der Waals surface area contributed by atoms with Gasteiger partial charge in [-0.25, -0.2) is 0 Å². The molecule has 0 amide bonds. The zero-order valence-corrected chi connectivity index (χ0v) is 20.7. The fourth-order valence-corrected chi connectivity index (χ4v) is 3.49. The van der Waals surface area contributed by atoms with E-state index in [1.165, 1.54) is 71.0 Å². The highest BCUT2D eigenvalue weighted by atomic mass is 16.6. The van der Waals surface area contributed by atoms with Crippen molar-refractivity contribution in [1.82, 2.24) is 0 Å². The van der Waals surface area contributed by atoms with Crippen LogP contribution < -0.4 is 24.3 Å². The van der Waals surface area contributed by atoms with E-state index in [0.29, 0.717) is 34.1 Å². The standard InChI is InChI=1S/C27H26N2O8/c1-34-24-15-18(16-25(35-2)27(24)37-4)6-5-17-13-21(26(36-3)23(31)14-17)28-12-11-22(30)19-7-9-20(10-8-19)29(32)33/h5-16,28,31H,1-4H3/b6-5-,12-11-. The quantitative estimate of drug-likeness (QED) is 0.117. The van der Waals surface area contributed by atoms with Crippen LogP contribution in [0.15, 0.2) is 60.8 Å². The summed E-state index contributed by atoms with van der Waals surface area (Å²) in [6.45, 7) is 0. The van der Waals surface area contributed by atoms with Crippen molar-refractivity contribution >= 4 is 29.3 Å². The molecule has 0 radical (unpaired) electrons. The van der Waals surface area contributed by atoms with E-state index in [0.717, 1.165) is 5.56 Å². The average Bonchev–Trinajstić information content (AvgIpc) is 2.91. The normalized spacial score (nSPS) is 10.9. The molecule has 0 saturated heterocycles. The number of phenolic OH excluding ortho intramolecular Hbond substituents is 1. The summed E-state index contributed by atoms with van der Waals surface area (Å²) >= 11 is 0. The molecule has 3 aromatic rings. The fourth-order valence-electron chi connectivity index (χ4n) is 3.49. The molecule has 0 fully saturated rings. The Morgan fingerprint density at radius 2 is 1.43 bits per heavy atom. The number of ether oxygens (including phenoxy) is 4. The number of aromatic hydroxyl groups is 1. The third kappa shape index (κ3) is 6.37. The van der Waals surface area contributed by atoms with Crippen LogP contribution >= 0.6 is 0 Å². The van der Waals surface area contributed by atoms with Gasteiger partial charge in [-0.15, -0.1) is 0 Å². The second kappa shape index (κ2) is 12.1. The van der Waals surface area contributed by atoms with Gasteiger partial charge in [0.25, 0.3) is 5.69 Å². The summed E-state index contributed by atoms with van der Waals surface area (Å²) in [7, 11) is 6.00. The van der Waals surface area contributed by atoms with Crippen LogP contribution in [0, 0.1) is 10.1 Å². The first-order valence-corrected chi connectivity index (χ1v) is 10.9. The lowest BCUT2D eigenvalue weighted by Gasteiger charge is -2.13. The number of nitrogens with zero attached hydrogens (tertiary/aromatic N) is 1. The number of anilines is 1. The number of hydrogen-bond donors (Lipinski definition) is 2. The van der Waals surface area contributed by atoms with Gasteiger partial charge in [-0.2, -0.15) is 0 Å². The summed E-state index contributed by atoms with van der Waals surface area (Å²) in [5, 5.41) is 24.2. The lowest BCUT2D eigenvalue weighted by atomic mass is 10.1. The van der Waals surface area contributed by atoms with Gasteiger partial charge in [0.2, 0.25) is 5.75 Å². The molecule has 0 unspecified atom stereocenters. The predicted octanol–water partition coefficient (Wildman–Crippen LogP) is 5.31. The van der Waals surface area contributed by atoms with E-state index >= 15 is 0 Å². The Balaban J connectivity index is 1.83. The molecule has 0 atom stereocenters. The molecule has 0 saturated carbocycles. The number of nitro groups is 1. The van der Waals surface area contributed by atoms with E-state index < -0.39 is 4.92 Å². The van der Waals surface area contributed by atoms with E-state index in [-0.39, 0.29) is 23.0 Å². The van der Waals surface area contributed by atoms with Crippen LogP contribution in [0.5, 0.6) is 28.7 Å². The number of methoxy groups -OCH3 is 4. The van der Waals surface area contributed by atoms with E-state index in [2.05, 4.69) is 5.32 Å². The first kappa shape index (κ1) is 26.6. The Morgan fingerprint density at radius 1 is 0.865 bits per heavy atom. The highest BCUT2D eigenvalue weighted by Crippen LogP contribution is 2.39. The number of benzene rings is 3. The van der Waals surface area contributed by atoms with Crippen molar-refractivity contribution in [1.29, 1.82) is 0 Å². The zero-order valence-electron chi connectivity index (χ0n) is 20.7. The largest absolute Gasteiger partial charge is 0.504 e. The molecule has 37 heavy (non-hydrogen) atoms. The molecule has 192 valence electrons. The minimum Gasteiger partial charge on any atom is -0.504 e. The molecule has 3 rings (SSSR count). The number of ketones is 1. The van der Waals surface area contributed by atoms with Gasteiger partial charge in [0, 0.05) is 30.0 Å². The molecular weight excluding hydrogens is 480 g/mol. The predicted molar refractivity (Wildman–Crippen MR) is 140 cm³/mol. The van der Waals surface area contributed by atoms with E-state index in [1.54, 1.807) is 24.3 Å². The summed E-state index contributed by atoms with van der Waals surface area (Å²) in [4.78, 5) is 22.6. The molecule has 0 aliphatic carbocycles. The Labute approximate surface area is 213 Å². The van der Waals surface area contributed by atoms with Crippen LogP contribution in [0.2, 0.25) is 0 Å². The number of nitrogens with one attached hydrogen (secondary N) is 1. The van der Waals surface area contributed by atoms with Gasteiger partial charge in [-0.1, -0.05) is 12.2 Å². The Kier molecular flexibility index (Phi) is 8.71. The smallest absolute Gasteiger partial charge is 0.269 e. The van der Waals surface area contributed by atoms with E-state index in [9.17, 15) is 20.0 Å². The van der Waals surface area contributed by atoms with Crippen molar-refractivity contribution < 1.29 is 33.8 Å². The van der Waals surface area contributed by atoms with Gasteiger partial charge in [0.15, 0.2) is 28.8 Å². The molecule has 0 spiro atoms. The number of carbonyl (C=O) groups is 1. The SMILES string of the molecule is COc1cc(/C=C\c2cc(O)c(OC)c(N/C=C\C(=O)c3ccc([N+](=O)[O-])cc3)c2)cc(OC)c1OC. The van der Waals surface area contributed by atoms with Crippen molar-refractivity contribution in [3.63, 3.8) is 0 Å². The van der Waals surface area contributed by atoms with Gasteiger partial charge in [-0.05, 0) is 47.5 Å². The van der Waals surface area contributed by atoms with Crippen LogP contribution in [0.3, 0.4) is 0 Å². The molecule has 0 bridgehead atoms. The van der Waals surface area contributed by atoms with Crippen molar-refractivity contribution in [3.8, 4) is 28.7 Å². The number of hydrogen-bond acceptors (Lipinski definition) is 9. The van der Waals surface area contributed by atoms with Crippen LogP contribution in [0.1, 0.15) is 21.5 Å². The van der Waals surface area contributed by atoms with Crippen molar-refractivity contribution in [3.05, 3.63) is 87.6 Å². The number of nitro benzene ring substituents is 1. The summed E-state index contributed by atoms with van der Waals surface area (Å²) in [6.07, 6.45) is 6.25. The summed E-state index contributed by atoms with van der Waals surface area (Å²) < 4.78 is 21.4. The van der Waals surface area contributed by atoms with Crippen molar-refractivity contribution in [2.45, 2.75) is 0 Å². The average molecular weight is 507 g/mol. The monoisotopic (exact) mass is 506 g/mol. The number of carbonyl (C=O) groups excluding carboxylic acids is 1. The van der Waals surface area contributed by atoms with Crippen LogP contribution in [0.4, 0.5) is 11.4 Å². The molecular formula is C27H26N2O8. The molecule has 10 nitrogen and oxygen atoms in total. The maximum absolute atomic E-state index is 12.4. The summed E-state index contributed by atoms with van der Waals surface area (Å²) in [6, 6.07) is 12.1. The van der Waals surface area contributed by atoms with E-state index in [1.807, 2.05) is 6.08 Å². The highest BCUT2D eigenvalue weighted by molar-refractivity contribution is 6.04. The second-order valence-electron chi connectivity index (χ2n) is 7.56. The van der Waals surface area contributed by atoms with E-state index in [4.69, 9.17) is 18.9 Å². The Hall–Kier alpha value is -4.99. The minimum absolute atomic E-state index is 0.102. The van der Waals surface area contributed by atoms with Gasteiger partial charge in [0.05, 0.1) is 39.0 Å². The Morgan fingerprint density at radius 3 is 1.95 bits per heavy atom. The number of non-ortho nitro benzene ring substituents is 1. The zero-order chi connectivity index (χ0) is 26.9. The molecule has 0 heterocycles. The lowest BCUT2D eigenvalue weighted by Crippen LogP contribution is -1.98. The molecule has 10 heteroatoms. The highest BCUT2D eigenvalue weighted by Gasteiger charge is 2.13. The summed E-state index contributed by atoms with van der Waals surface area (Å²) in [5.74, 6) is 1.22. The molecule has 2 N–H and O–H groups in total. The third-order valence-corrected chi connectivity index (χ3v) is 5.29. The van der Waals surface area contributed by atoms with Crippen LogP contribution in [-0.4, -0.2) is 44.3 Å². The lowest BCUT2D eigenvalue weighted by molar-refractivity contribution is -0.384. The first-order chi connectivity index (χ1) is 17.8. The number of rotatable bonds is 11. The van der Waals surface area contributed by atoms with Crippen molar-refractivity contribution in [2.24, 2.45) is 0 Å². The maximum atomic E-state index is 12.4. The Bertz CT molecular complexity index is 1320. The van der Waals surface area contributed by atoms with Crippen LogP contribution in [-0.2, 0) is 0 Å². The third-order valence-electron chi connectivity index (χ3n) is 5.29. The van der Waals surface area contributed by atoms with Crippen molar-refractivity contribution in [2.75, 3.05) is 33.8 Å². The van der Waals surface area contributed by atoms with Crippen LogP contribution in [0.25, 0.3) is 12.2 Å². The van der Waals surface area contributed by atoms with Gasteiger partial charge in [-0.3, -0.25) is 14.9 Å². The molecule has 3 aromatic carbocycles. The summed E-state index contributed by atoms with van der Waals surface area (Å²) in [5.41, 5.74) is 2.02. The maximum Gasteiger partial charge on any atom is 0.269 e. The molecule has 0 aromatic heterocycles. The van der Waals surface area contributed by atoms with Gasteiger partial charge >= 0.3 is 0 Å². The second-order valence-corrected chi connectivity index (χ2v) is 7.56. The van der Waals surface area contributed by atoms with Gasteiger partial charge < -0.3 is 29.4 Å². The van der Waals surface area contributed by atoms with Gasteiger partial charge in [0.1, 0.15) is 0 Å². The minimum atomic E-state index is -0.534. The number of phenols is 1. The topological polar surface area (TPSA) is 129 Å². The molecule has 0 aliphatic heterocycles.